The van der Waals surface area contributed by atoms with Crippen LogP contribution in [0.4, 0.5) is 0 Å². The molecule has 1 aromatic carbocycles. The Morgan fingerprint density at radius 1 is 1.10 bits per heavy atom. The Balaban J connectivity index is 1.52. The van der Waals surface area contributed by atoms with Crippen molar-refractivity contribution in [3.8, 4) is 0 Å². The Kier molecular flexibility index (Phi) is 4.39. The molecular weight excluding hydrogens is 262 g/mol. The minimum atomic E-state index is 0.130. The summed E-state index contributed by atoms with van der Waals surface area (Å²) >= 11 is 0. The van der Waals surface area contributed by atoms with Crippen LogP contribution in [-0.4, -0.2) is 30.0 Å². The lowest BCUT2D eigenvalue weighted by Gasteiger charge is -2.32. The SMILES string of the molecule is O=C(c1ccccc1)N1CCC(OC2=CCCC=C2)CC1. The molecule has 0 saturated carbocycles. The van der Waals surface area contributed by atoms with Gasteiger partial charge in [0.2, 0.25) is 0 Å². The zero-order chi connectivity index (χ0) is 14.5. The van der Waals surface area contributed by atoms with E-state index in [1.165, 1.54) is 0 Å². The van der Waals surface area contributed by atoms with Crippen molar-refractivity contribution in [3.63, 3.8) is 0 Å². The first-order valence-corrected chi connectivity index (χ1v) is 7.70. The van der Waals surface area contributed by atoms with Gasteiger partial charge in [-0.05, 0) is 37.1 Å². The van der Waals surface area contributed by atoms with Gasteiger partial charge in [0, 0.05) is 31.5 Å². The summed E-state index contributed by atoms with van der Waals surface area (Å²) in [6.45, 7) is 1.55. The Hall–Kier alpha value is -2.03. The summed E-state index contributed by atoms with van der Waals surface area (Å²) in [7, 11) is 0. The lowest BCUT2D eigenvalue weighted by Crippen LogP contribution is -2.40. The molecule has 1 fully saturated rings. The molecule has 2 aliphatic rings. The summed E-state index contributed by atoms with van der Waals surface area (Å²) in [5.74, 6) is 1.12. The van der Waals surface area contributed by atoms with Crippen LogP contribution in [0.2, 0.25) is 0 Å². The number of carbonyl (C=O) groups is 1. The number of hydrogen-bond donors (Lipinski definition) is 0. The van der Waals surface area contributed by atoms with Crippen LogP contribution in [0, 0.1) is 0 Å². The fourth-order valence-electron chi connectivity index (χ4n) is 2.81. The standard InChI is InChI=1S/C18H21NO2/c20-18(15-7-3-1-4-8-15)19-13-11-17(12-14-19)21-16-9-5-2-6-10-16/h1,3-5,7-10,17H,2,6,11-14H2. The van der Waals surface area contributed by atoms with Crippen LogP contribution in [0.3, 0.4) is 0 Å². The van der Waals surface area contributed by atoms with Gasteiger partial charge in [-0.1, -0.05) is 24.3 Å². The number of amides is 1. The maximum absolute atomic E-state index is 12.4. The van der Waals surface area contributed by atoms with Gasteiger partial charge in [0.05, 0.1) is 0 Å². The van der Waals surface area contributed by atoms with Crippen LogP contribution >= 0.6 is 0 Å². The third kappa shape index (κ3) is 3.54. The lowest BCUT2D eigenvalue weighted by atomic mass is 10.1. The number of rotatable bonds is 3. The van der Waals surface area contributed by atoms with E-state index in [9.17, 15) is 4.79 Å². The predicted octanol–water partition coefficient (Wildman–Crippen LogP) is 3.54. The highest BCUT2D eigenvalue weighted by Gasteiger charge is 2.24. The van der Waals surface area contributed by atoms with Crippen molar-refractivity contribution in [2.24, 2.45) is 0 Å². The molecule has 110 valence electrons. The van der Waals surface area contributed by atoms with Crippen LogP contribution < -0.4 is 0 Å². The van der Waals surface area contributed by atoms with Crippen molar-refractivity contribution in [1.82, 2.24) is 4.90 Å². The Labute approximate surface area is 125 Å². The molecule has 0 unspecified atom stereocenters. The second-order valence-corrected chi connectivity index (χ2v) is 5.56. The molecule has 0 bridgehead atoms. The second-order valence-electron chi connectivity index (χ2n) is 5.56. The average molecular weight is 283 g/mol. The van der Waals surface area contributed by atoms with E-state index < -0.39 is 0 Å². The van der Waals surface area contributed by atoms with Gasteiger partial charge < -0.3 is 9.64 Å². The first-order chi connectivity index (χ1) is 10.3. The zero-order valence-electron chi connectivity index (χ0n) is 12.2. The molecule has 1 aliphatic carbocycles. The Morgan fingerprint density at radius 3 is 2.52 bits per heavy atom. The molecule has 3 rings (SSSR count). The summed E-state index contributed by atoms with van der Waals surface area (Å²) in [5.41, 5.74) is 0.773. The van der Waals surface area contributed by atoms with Gasteiger partial charge in [0.1, 0.15) is 11.9 Å². The molecule has 0 atom stereocenters. The molecule has 1 heterocycles. The maximum atomic E-state index is 12.4. The van der Waals surface area contributed by atoms with Crippen molar-refractivity contribution in [2.45, 2.75) is 31.8 Å². The first-order valence-electron chi connectivity index (χ1n) is 7.70. The van der Waals surface area contributed by atoms with Crippen LogP contribution in [0.15, 0.2) is 54.3 Å². The molecule has 1 aliphatic heterocycles. The van der Waals surface area contributed by atoms with E-state index in [-0.39, 0.29) is 12.0 Å². The summed E-state index contributed by atoms with van der Waals surface area (Å²) in [6.07, 6.45) is 10.6. The van der Waals surface area contributed by atoms with Gasteiger partial charge in [-0.15, -0.1) is 0 Å². The van der Waals surface area contributed by atoms with E-state index >= 15 is 0 Å². The molecule has 3 heteroatoms. The smallest absolute Gasteiger partial charge is 0.253 e. The largest absolute Gasteiger partial charge is 0.491 e. The molecule has 0 N–H and O–H groups in total. The van der Waals surface area contributed by atoms with Gasteiger partial charge in [0.15, 0.2) is 0 Å². The quantitative estimate of drug-likeness (QED) is 0.849. The molecule has 0 radical (unpaired) electrons. The minimum Gasteiger partial charge on any atom is -0.491 e. The molecule has 1 aromatic rings. The van der Waals surface area contributed by atoms with E-state index in [1.807, 2.05) is 35.2 Å². The molecule has 0 spiro atoms. The van der Waals surface area contributed by atoms with E-state index in [2.05, 4.69) is 18.2 Å². The number of ether oxygens (including phenoxy) is 1. The highest BCUT2D eigenvalue weighted by Crippen LogP contribution is 2.21. The van der Waals surface area contributed by atoms with Crippen LogP contribution in [0.1, 0.15) is 36.0 Å². The number of likely N-dealkylation sites (tertiary alicyclic amines) is 1. The van der Waals surface area contributed by atoms with E-state index in [0.717, 1.165) is 50.1 Å². The Morgan fingerprint density at radius 2 is 1.86 bits per heavy atom. The van der Waals surface area contributed by atoms with Crippen molar-refractivity contribution in [2.75, 3.05) is 13.1 Å². The van der Waals surface area contributed by atoms with E-state index in [0.29, 0.717) is 0 Å². The third-order valence-corrected chi connectivity index (χ3v) is 4.01. The fourth-order valence-corrected chi connectivity index (χ4v) is 2.81. The van der Waals surface area contributed by atoms with Crippen molar-refractivity contribution in [1.29, 1.82) is 0 Å². The number of nitrogens with zero attached hydrogens (tertiary/aromatic N) is 1. The predicted molar refractivity (Wildman–Crippen MR) is 82.9 cm³/mol. The van der Waals surface area contributed by atoms with Crippen molar-refractivity contribution < 1.29 is 9.53 Å². The minimum absolute atomic E-state index is 0.130. The Bertz CT molecular complexity index is 540. The molecular formula is C18H21NO2. The summed E-state index contributed by atoms with van der Waals surface area (Å²) < 4.78 is 6.00. The number of carbonyl (C=O) groups excluding carboxylic acids is 1. The lowest BCUT2D eigenvalue weighted by molar-refractivity contribution is 0.0434. The molecule has 3 nitrogen and oxygen atoms in total. The van der Waals surface area contributed by atoms with Gasteiger partial charge in [-0.25, -0.2) is 0 Å². The average Bonchev–Trinajstić information content (AvgIpc) is 2.57. The highest BCUT2D eigenvalue weighted by molar-refractivity contribution is 5.94. The second kappa shape index (κ2) is 6.61. The monoisotopic (exact) mass is 283 g/mol. The molecule has 1 amide bonds. The maximum Gasteiger partial charge on any atom is 0.253 e. The fraction of sp³-hybridized carbons (Fsp3) is 0.389. The topological polar surface area (TPSA) is 29.5 Å². The van der Waals surface area contributed by atoms with Crippen LogP contribution in [0.5, 0.6) is 0 Å². The van der Waals surface area contributed by atoms with Gasteiger partial charge in [-0.2, -0.15) is 0 Å². The zero-order valence-corrected chi connectivity index (χ0v) is 12.2. The highest BCUT2D eigenvalue weighted by atomic mass is 16.5. The number of allylic oxidation sites excluding steroid dienone is 3. The molecule has 21 heavy (non-hydrogen) atoms. The number of piperidine rings is 1. The number of benzene rings is 1. The van der Waals surface area contributed by atoms with Crippen LogP contribution in [-0.2, 0) is 4.74 Å². The molecule has 1 saturated heterocycles. The summed E-state index contributed by atoms with van der Waals surface area (Å²) in [6, 6.07) is 9.50. The van der Waals surface area contributed by atoms with Crippen LogP contribution in [0.25, 0.3) is 0 Å². The first kappa shape index (κ1) is 13.9. The summed E-state index contributed by atoms with van der Waals surface area (Å²) in [4.78, 5) is 14.3. The molecule has 0 aromatic heterocycles. The van der Waals surface area contributed by atoms with Gasteiger partial charge >= 0.3 is 0 Å². The third-order valence-electron chi connectivity index (χ3n) is 4.01. The van der Waals surface area contributed by atoms with Crippen molar-refractivity contribution >= 4 is 5.91 Å². The normalized spacial score (nSPS) is 19.2. The summed E-state index contributed by atoms with van der Waals surface area (Å²) in [5, 5.41) is 0. The van der Waals surface area contributed by atoms with E-state index in [1.54, 1.807) is 0 Å². The van der Waals surface area contributed by atoms with Gasteiger partial charge in [-0.3, -0.25) is 4.79 Å². The number of hydrogen-bond acceptors (Lipinski definition) is 2. The van der Waals surface area contributed by atoms with Crippen molar-refractivity contribution in [3.05, 3.63) is 59.9 Å². The van der Waals surface area contributed by atoms with E-state index in [4.69, 9.17) is 4.74 Å². The van der Waals surface area contributed by atoms with Gasteiger partial charge in [0.25, 0.3) is 5.91 Å².